The van der Waals surface area contributed by atoms with Crippen molar-refractivity contribution in [2.75, 3.05) is 50.9 Å². The van der Waals surface area contributed by atoms with Crippen molar-refractivity contribution >= 4 is 22.8 Å². The molecular weight excluding hydrogens is 392 g/mol. The summed E-state index contributed by atoms with van der Waals surface area (Å²) in [5.41, 5.74) is 1.33. The number of piperidine rings is 1. The van der Waals surface area contributed by atoms with Gasteiger partial charge in [-0.15, -0.1) is 0 Å². The van der Waals surface area contributed by atoms with Gasteiger partial charge in [-0.05, 0) is 50.7 Å². The molecule has 2 aliphatic heterocycles. The summed E-state index contributed by atoms with van der Waals surface area (Å²) in [5.74, 6) is 1.17. The molecule has 1 aromatic heterocycles. The molecule has 0 bridgehead atoms. The molecule has 0 N–H and O–H groups in total. The van der Waals surface area contributed by atoms with Crippen molar-refractivity contribution in [2.24, 2.45) is 11.3 Å². The van der Waals surface area contributed by atoms with Crippen LogP contribution < -0.4 is 4.90 Å². The molecule has 0 unspecified atom stereocenters. The molecule has 3 atom stereocenters. The van der Waals surface area contributed by atoms with Gasteiger partial charge in [-0.1, -0.05) is 12.1 Å². The third kappa shape index (κ3) is 3.89. The third-order valence-corrected chi connectivity index (χ3v) is 7.49. The van der Waals surface area contributed by atoms with Gasteiger partial charge in [0, 0.05) is 32.2 Å². The Labute approximate surface area is 183 Å². The first-order valence-electron chi connectivity index (χ1n) is 11.7. The van der Waals surface area contributed by atoms with E-state index in [2.05, 4.69) is 14.8 Å². The van der Waals surface area contributed by atoms with Gasteiger partial charge in [0.2, 0.25) is 0 Å². The number of anilines is 1. The molecule has 0 spiro atoms. The van der Waals surface area contributed by atoms with Gasteiger partial charge < -0.3 is 14.4 Å². The summed E-state index contributed by atoms with van der Waals surface area (Å²) in [7, 11) is 0. The van der Waals surface area contributed by atoms with E-state index in [4.69, 9.17) is 14.5 Å². The minimum absolute atomic E-state index is 0.0288. The molecule has 2 aromatic rings. The standard InChI is InChI=1S/C24H32N4O3/c1-2-31-23(29)24-9-7-19(27-11-13-30-14-12-27)15-18(24)8-10-28(17-24)22-16-25-20-5-3-4-6-21(20)26-22/h3-6,16,18-19H,2,7-15,17H2,1H3/t18-,19+,24-/m1/s1. The van der Waals surface area contributed by atoms with E-state index in [1.807, 2.05) is 37.4 Å². The Morgan fingerprint density at radius 3 is 2.81 bits per heavy atom. The van der Waals surface area contributed by atoms with Gasteiger partial charge in [0.05, 0.1) is 42.5 Å². The number of fused-ring (bicyclic) bond motifs is 2. The van der Waals surface area contributed by atoms with Crippen LogP contribution in [0.3, 0.4) is 0 Å². The van der Waals surface area contributed by atoms with E-state index < -0.39 is 5.41 Å². The van der Waals surface area contributed by atoms with E-state index in [0.29, 0.717) is 25.1 Å². The van der Waals surface area contributed by atoms with E-state index in [0.717, 1.165) is 75.4 Å². The lowest BCUT2D eigenvalue weighted by Crippen LogP contribution is -2.59. The van der Waals surface area contributed by atoms with Crippen molar-refractivity contribution in [1.82, 2.24) is 14.9 Å². The van der Waals surface area contributed by atoms with Crippen LogP contribution in [0.15, 0.2) is 30.5 Å². The van der Waals surface area contributed by atoms with Crippen LogP contribution in [0, 0.1) is 11.3 Å². The van der Waals surface area contributed by atoms with Crippen LogP contribution in [0.4, 0.5) is 5.82 Å². The number of benzene rings is 1. The van der Waals surface area contributed by atoms with Gasteiger partial charge in [-0.3, -0.25) is 14.7 Å². The van der Waals surface area contributed by atoms with Crippen molar-refractivity contribution in [3.05, 3.63) is 30.5 Å². The number of carbonyl (C=O) groups excluding carboxylic acids is 1. The maximum Gasteiger partial charge on any atom is 0.314 e. The summed E-state index contributed by atoms with van der Waals surface area (Å²) in [4.78, 5) is 27.6. The van der Waals surface area contributed by atoms with Crippen LogP contribution in [-0.4, -0.2) is 72.9 Å². The van der Waals surface area contributed by atoms with Crippen LogP contribution in [0.25, 0.3) is 11.0 Å². The van der Waals surface area contributed by atoms with Crippen LogP contribution in [0.1, 0.15) is 32.6 Å². The van der Waals surface area contributed by atoms with E-state index in [1.165, 1.54) is 0 Å². The minimum atomic E-state index is -0.454. The molecule has 7 heteroatoms. The van der Waals surface area contributed by atoms with Crippen molar-refractivity contribution < 1.29 is 14.3 Å². The first-order chi connectivity index (χ1) is 15.2. The Hall–Kier alpha value is -2.25. The average Bonchev–Trinajstić information content (AvgIpc) is 2.83. The molecule has 3 heterocycles. The maximum absolute atomic E-state index is 13.3. The smallest absolute Gasteiger partial charge is 0.314 e. The molecule has 166 valence electrons. The van der Waals surface area contributed by atoms with Gasteiger partial charge in [0.15, 0.2) is 0 Å². The molecule has 5 rings (SSSR count). The summed E-state index contributed by atoms with van der Waals surface area (Å²) in [5, 5.41) is 0. The number of ether oxygens (including phenoxy) is 2. The summed E-state index contributed by atoms with van der Waals surface area (Å²) in [6.07, 6.45) is 5.80. The Morgan fingerprint density at radius 1 is 1.19 bits per heavy atom. The highest BCUT2D eigenvalue weighted by atomic mass is 16.5. The lowest BCUT2D eigenvalue weighted by Gasteiger charge is -2.52. The number of hydrogen-bond acceptors (Lipinski definition) is 7. The molecule has 0 amide bonds. The Balaban J connectivity index is 1.39. The summed E-state index contributed by atoms with van der Waals surface area (Å²) in [6.45, 7) is 7.53. The topological polar surface area (TPSA) is 67.8 Å². The first kappa shape index (κ1) is 20.6. The number of esters is 1. The highest BCUT2D eigenvalue weighted by molar-refractivity contribution is 5.79. The summed E-state index contributed by atoms with van der Waals surface area (Å²) >= 11 is 0. The van der Waals surface area contributed by atoms with E-state index in [9.17, 15) is 4.79 Å². The van der Waals surface area contributed by atoms with Crippen molar-refractivity contribution in [1.29, 1.82) is 0 Å². The second kappa shape index (κ2) is 8.71. The molecule has 7 nitrogen and oxygen atoms in total. The highest BCUT2D eigenvalue weighted by Gasteiger charge is 2.54. The molecule has 1 saturated carbocycles. The lowest BCUT2D eigenvalue weighted by atomic mass is 9.61. The van der Waals surface area contributed by atoms with Gasteiger partial charge in [0.25, 0.3) is 0 Å². The normalized spacial score (nSPS) is 29.5. The number of aromatic nitrogens is 2. The van der Waals surface area contributed by atoms with Crippen LogP contribution >= 0.6 is 0 Å². The zero-order chi connectivity index (χ0) is 21.3. The SMILES string of the molecule is CCOC(=O)[C@@]12CC[C@H](N3CCOCC3)C[C@H]1CCN(c1cnc3ccccc3n1)C2. The second-order valence-electron chi connectivity index (χ2n) is 9.08. The summed E-state index contributed by atoms with van der Waals surface area (Å²) < 4.78 is 11.2. The van der Waals surface area contributed by atoms with E-state index in [-0.39, 0.29) is 5.97 Å². The number of hydrogen-bond donors (Lipinski definition) is 0. The fourth-order valence-corrected chi connectivity index (χ4v) is 5.81. The van der Waals surface area contributed by atoms with Crippen LogP contribution in [-0.2, 0) is 14.3 Å². The van der Waals surface area contributed by atoms with Gasteiger partial charge >= 0.3 is 5.97 Å². The zero-order valence-corrected chi connectivity index (χ0v) is 18.3. The molecule has 3 fully saturated rings. The predicted octanol–water partition coefficient (Wildman–Crippen LogP) is 2.89. The highest BCUT2D eigenvalue weighted by Crippen LogP contribution is 2.49. The summed E-state index contributed by atoms with van der Waals surface area (Å²) in [6, 6.07) is 8.48. The molecule has 2 saturated heterocycles. The lowest BCUT2D eigenvalue weighted by molar-refractivity contribution is -0.164. The van der Waals surface area contributed by atoms with Gasteiger partial charge in [-0.2, -0.15) is 0 Å². The van der Waals surface area contributed by atoms with E-state index in [1.54, 1.807) is 0 Å². The Bertz CT molecular complexity index is 932. The predicted molar refractivity (Wildman–Crippen MR) is 119 cm³/mol. The molecule has 3 aliphatic rings. The molecule has 31 heavy (non-hydrogen) atoms. The Kier molecular flexibility index (Phi) is 5.80. The third-order valence-electron chi connectivity index (χ3n) is 7.49. The maximum atomic E-state index is 13.3. The quantitative estimate of drug-likeness (QED) is 0.699. The van der Waals surface area contributed by atoms with Crippen molar-refractivity contribution in [3.8, 4) is 0 Å². The average molecular weight is 425 g/mol. The van der Waals surface area contributed by atoms with Crippen molar-refractivity contribution in [3.63, 3.8) is 0 Å². The Morgan fingerprint density at radius 2 is 2.00 bits per heavy atom. The fourth-order valence-electron chi connectivity index (χ4n) is 5.81. The monoisotopic (exact) mass is 424 g/mol. The molecule has 1 aromatic carbocycles. The second-order valence-corrected chi connectivity index (χ2v) is 9.08. The number of carbonyl (C=O) groups is 1. The zero-order valence-electron chi connectivity index (χ0n) is 18.3. The largest absolute Gasteiger partial charge is 0.466 e. The van der Waals surface area contributed by atoms with Gasteiger partial charge in [-0.25, -0.2) is 4.98 Å². The molecule has 0 radical (unpaired) electrons. The molecule has 1 aliphatic carbocycles. The van der Waals surface area contributed by atoms with Crippen LogP contribution in [0.5, 0.6) is 0 Å². The number of nitrogens with zero attached hydrogens (tertiary/aromatic N) is 4. The van der Waals surface area contributed by atoms with Crippen LogP contribution in [0.2, 0.25) is 0 Å². The minimum Gasteiger partial charge on any atom is -0.466 e. The number of morpholine rings is 1. The van der Waals surface area contributed by atoms with Gasteiger partial charge in [0.1, 0.15) is 5.82 Å². The van der Waals surface area contributed by atoms with Crippen molar-refractivity contribution in [2.45, 2.75) is 38.6 Å². The number of rotatable bonds is 4. The first-order valence-corrected chi connectivity index (χ1v) is 11.7. The fraction of sp³-hybridized carbons (Fsp3) is 0.625. The number of para-hydroxylation sites is 2. The van der Waals surface area contributed by atoms with E-state index >= 15 is 0 Å². The molecular formula is C24H32N4O3.